The summed E-state index contributed by atoms with van der Waals surface area (Å²) in [6.07, 6.45) is 5.84. The van der Waals surface area contributed by atoms with E-state index in [2.05, 4.69) is 10.2 Å². The second kappa shape index (κ2) is 7.75. The molecule has 6 heteroatoms. The van der Waals surface area contributed by atoms with Crippen LogP contribution in [0.3, 0.4) is 0 Å². The summed E-state index contributed by atoms with van der Waals surface area (Å²) in [7, 11) is 0. The lowest BCUT2D eigenvalue weighted by molar-refractivity contribution is -0.122. The number of nitrogens with one attached hydrogen (secondary N) is 1. The zero-order valence-corrected chi connectivity index (χ0v) is 13.4. The number of likely N-dealkylation sites (tertiary alicyclic amines) is 1. The van der Waals surface area contributed by atoms with Crippen LogP contribution in [0.5, 0.6) is 0 Å². The predicted octanol–water partition coefficient (Wildman–Crippen LogP) is 0.608. The number of carbonyl (C=O) groups excluding carboxylic acids is 1. The lowest BCUT2D eigenvalue weighted by atomic mass is 9.99. The molecule has 0 saturated carbocycles. The summed E-state index contributed by atoms with van der Waals surface area (Å²) in [5.41, 5.74) is -0.142. The molecule has 1 amide bonds. The predicted molar refractivity (Wildman–Crippen MR) is 87.3 cm³/mol. The summed E-state index contributed by atoms with van der Waals surface area (Å²) >= 11 is 0. The summed E-state index contributed by atoms with van der Waals surface area (Å²) in [6, 6.07) is 5.78. The molecule has 0 unspecified atom stereocenters. The third-order valence-corrected chi connectivity index (χ3v) is 4.81. The minimum Gasteiger partial charge on any atom is -0.381 e. The second-order valence-corrected chi connectivity index (χ2v) is 6.39. The highest BCUT2D eigenvalue weighted by atomic mass is 16.5. The Morgan fingerprint density at radius 3 is 2.61 bits per heavy atom. The van der Waals surface area contributed by atoms with Gasteiger partial charge in [-0.15, -0.1) is 0 Å². The molecular formula is C17H25N3O3. The van der Waals surface area contributed by atoms with Gasteiger partial charge in [-0.2, -0.15) is 0 Å². The topological polar surface area (TPSA) is 63.6 Å². The number of pyridine rings is 1. The molecule has 2 aliphatic heterocycles. The summed E-state index contributed by atoms with van der Waals surface area (Å²) in [5.74, 6) is -0.0807. The van der Waals surface area contributed by atoms with E-state index in [9.17, 15) is 9.59 Å². The summed E-state index contributed by atoms with van der Waals surface area (Å²) < 4.78 is 6.86. The Morgan fingerprint density at radius 1 is 1.17 bits per heavy atom. The fraction of sp³-hybridized carbons (Fsp3) is 0.647. The first kappa shape index (κ1) is 16.2. The van der Waals surface area contributed by atoms with E-state index in [-0.39, 0.29) is 24.1 Å². The number of ether oxygens (including phenoxy) is 1. The highest BCUT2D eigenvalue weighted by Gasteiger charge is 2.27. The molecule has 0 bridgehead atoms. The Kier molecular flexibility index (Phi) is 5.46. The molecule has 1 aromatic heterocycles. The SMILES string of the molecule is O=C(Cn1ccccc1=O)NC1CCN(C2CCOCC2)CC1. The average Bonchev–Trinajstić information content (AvgIpc) is 2.58. The zero-order valence-electron chi connectivity index (χ0n) is 13.4. The second-order valence-electron chi connectivity index (χ2n) is 6.39. The van der Waals surface area contributed by atoms with Crippen molar-refractivity contribution >= 4 is 5.91 Å². The van der Waals surface area contributed by atoms with E-state index in [1.165, 1.54) is 10.6 Å². The van der Waals surface area contributed by atoms with E-state index in [1.54, 1.807) is 18.3 Å². The Balaban J connectivity index is 1.44. The highest BCUT2D eigenvalue weighted by Crippen LogP contribution is 2.19. The maximum Gasteiger partial charge on any atom is 0.250 e. The minimum atomic E-state index is -0.142. The molecule has 2 fully saturated rings. The van der Waals surface area contributed by atoms with Crippen LogP contribution < -0.4 is 10.9 Å². The molecule has 2 saturated heterocycles. The van der Waals surface area contributed by atoms with Gasteiger partial charge in [-0.1, -0.05) is 6.07 Å². The lowest BCUT2D eigenvalue weighted by Crippen LogP contribution is -2.49. The van der Waals surface area contributed by atoms with Crippen molar-refractivity contribution in [2.24, 2.45) is 0 Å². The van der Waals surface area contributed by atoms with Crippen LogP contribution in [0.15, 0.2) is 29.2 Å². The number of amides is 1. The monoisotopic (exact) mass is 319 g/mol. The molecule has 0 atom stereocenters. The van der Waals surface area contributed by atoms with Crippen LogP contribution in [0.25, 0.3) is 0 Å². The minimum absolute atomic E-state index is 0.0807. The number of piperidine rings is 1. The molecule has 0 aliphatic carbocycles. The highest BCUT2D eigenvalue weighted by molar-refractivity contribution is 5.76. The largest absolute Gasteiger partial charge is 0.381 e. The van der Waals surface area contributed by atoms with Gasteiger partial charge in [-0.05, 0) is 31.7 Å². The number of carbonyl (C=O) groups is 1. The first-order valence-electron chi connectivity index (χ1n) is 8.49. The Hall–Kier alpha value is -1.66. The van der Waals surface area contributed by atoms with Crippen LogP contribution in [-0.2, 0) is 16.1 Å². The van der Waals surface area contributed by atoms with Gasteiger partial charge in [0, 0.05) is 50.7 Å². The van der Waals surface area contributed by atoms with Crippen LogP contribution in [0, 0.1) is 0 Å². The first-order chi connectivity index (χ1) is 11.2. The maximum atomic E-state index is 12.1. The van der Waals surface area contributed by atoms with Gasteiger partial charge in [0.2, 0.25) is 5.91 Å². The van der Waals surface area contributed by atoms with E-state index in [1.807, 2.05) is 0 Å². The van der Waals surface area contributed by atoms with Crippen LogP contribution >= 0.6 is 0 Å². The van der Waals surface area contributed by atoms with Gasteiger partial charge >= 0.3 is 0 Å². The Bertz CT molecular complexity index is 572. The molecule has 0 radical (unpaired) electrons. The summed E-state index contributed by atoms with van der Waals surface area (Å²) in [6.45, 7) is 3.89. The fourth-order valence-electron chi connectivity index (χ4n) is 3.48. The number of rotatable bonds is 4. The fourth-order valence-corrected chi connectivity index (χ4v) is 3.48. The normalized spacial score (nSPS) is 21.2. The van der Waals surface area contributed by atoms with E-state index in [0.29, 0.717) is 6.04 Å². The molecule has 0 spiro atoms. The van der Waals surface area contributed by atoms with Crippen molar-refractivity contribution in [1.29, 1.82) is 0 Å². The van der Waals surface area contributed by atoms with E-state index < -0.39 is 0 Å². The lowest BCUT2D eigenvalue weighted by Gasteiger charge is -2.39. The number of aromatic nitrogens is 1. The van der Waals surface area contributed by atoms with E-state index >= 15 is 0 Å². The van der Waals surface area contributed by atoms with Gasteiger partial charge in [-0.3, -0.25) is 9.59 Å². The number of nitrogens with zero attached hydrogens (tertiary/aromatic N) is 2. The van der Waals surface area contributed by atoms with Crippen molar-refractivity contribution in [1.82, 2.24) is 14.8 Å². The Labute approximate surface area is 136 Å². The first-order valence-corrected chi connectivity index (χ1v) is 8.49. The van der Waals surface area contributed by atoms with Crippen molar-refractivity contribution in [3.63, 3.8) is 0 Å². The summed E-state index contributed by atoms with van der Waals surface area (Å²) in [5, 5.41) is 3.07. The van der Waals surface area contributed by atoms with Crippen molar-refractivity contribution < 1.29 is 9.53 Å². The molecule has 3 heterocycles. The maximum absolute atomic E-state index is 12.1. The van der Waals surface area contributed by atoms with Gasteiger partial charge in [0.05, 0.1) is 0 Å². The summed E-state index contributed by atoms with van der Waals surface area (Å²) in [4.78, 5) is 26.3. The molecule has 23 heavy (non-hydrogen) atoms. The number of hydrogen-bond donors (Lipinski definition) is 1. The van der Waals surface area contributed by atoms with Crippen molar-refractivity contribution in [3.05, 3.63) is 34.7 Å². The Morgan fingerprint density at radius 2 is 1.91 bits per heavy atom. The average molecular weight is 319 g/mol. The zero-order chi connectivity index (χ0) is 16.1. The van der Waals surface area contributed by atoms with Gasteiger partial charge in [-0.25, -0.2) is 0 Å². The van der Waals surface area contributed by atoms with Gasteiger partial charge in [0.1, 0.15) is 6.54 Å². The van der Waals surface area contributed by atoms with Crippen LogP contribution in [0.2, 0.25) is 0 Å². The van der Waals surface area contributed by atoms with Crippen LogP contribution in [0.1, 0.15) is 25.7 Å². The molecule has 3 rings (SSSR count). The molecular weight excluding hydrogens is 294 g/mol. The van der Waals surface area contributed by atoms with Crippen molar-refractivity contribution in [3.8, 4) is 0 Å². The quantitative estimate of drug-likeness (QED) is 0.883. The van der Waals surface area contributed by atoms with Gasteiger partial charge in [0.15, 0.2) is 0 Å². The van der Waals surface area contributed by atoms with Crippen molar-refractivity contribution in [2.45, 2.75) is 44.3 Å². The van der Waals surface area contributed by atoms with Crippen LogP contribution in [-0.4, -0.2) is 53.8 Å². The standard InChI is InChI=1S/C17H25N3O3/c21-16(13-20-8-2-1-3-17(20)22)18-14-4-9-19(10-5-14)15-6-11-23-12-7-15/h1-3,8,14-15H,4-7,9-13H2,(H,18,21). The molecule has 126 valence electrons. The smallest absolute Gasteiger partial charge is 0.250 e. The molecule has 0 aromatic carbocycles. The third kappa shape index (κ3) is 4.42. The van der Waals surface area contributed by atoms with Gasteiger partial charge < -0.3 is 19.5 Å². The number of hydrogen-bond acceptors (Lipinski definition) is 4. The third-order valence-electron chi connectivity index (χ3n) is 4.81. The molecule has 1 aromatic rings. The molecule has 1 N–H and O–H groups in total. The van der Waals surface area contributed by atoms with Crippen molar-refractivity contribution in [2.75, 3.05) is 26.3 Å². The van der Waals surface area contributed by atoms with E-state index in [4.69, 9.17) is 4.74 Å². The van der Waals surface area contributed by atoms with Crippen LogP contribution in [0.4, 0.5) is 0 Å². The van der Waals surface area contributed by atoms with E-state index in [0.717, 1.165) is 52.0 Å². The molecule has 2 aliphatic rings. The van der Waals surface area contributed by atoms with Gasteiger partial charge in [0.25, 0.3) is 5.56 Å². The molecule has 6 nitrogen and oxygen atoms in total.